The molecule has 1 aliphatic rings. The summed E-state index contributed by atoms with van der Waals surface area (Å²) in [6.07, 6.45) is 2.32. The highest BCUT2D eigenvalue weighted by atomic mass is 19.1. The number of hydrogen-bond donors (Lipinski definition) is 1. The van der Waals surface area contributed by atoms with Gasteiger partial charge < -0.3 is 9.73 Å². The van der Waals surface area contributed by atoms with Crippen molar-refractivity contribution >= 4 is 0 Å². The molecule has 1 fully saturated rings. The SMILES string of the molecule is Cc1cc(-c2nnc(CNC3CC3)o2)c(F)cc1F. The third-order valence-electron chi connectivity index (χ3n) is 3.06. The predicted octanol–water partition coefficient (Wildman–Crippen LogP) is 2.58. The van der Waals surface area contributed by atoms with Gasteiger partial charge in [0.25, 0.3) is 5.89 Å². The van der Waals surface area contributed by atoms with E-state index in [1.54, 1.807) is 6.92 Å². The monoisotopic (exact) mass is 265 g/mol. The van der Waals surface area contributed by atoms with Gasteiger partial charge in [-0.2, -0.15) is 0 Å². The Morgan fingerprint density at radius 1 is 1.26 bits per heavy atom. The van der Waals surface area contributed by atoms with Crippen molar-refractivity contribution in [2.75, 3.05) is 0 Å². The number of aromatic nitrogens is 2. The average Bonchev–Trinajstić information content (AvgIpc) is 3.09. The Balaban J connectivity index is 1.83. The smallest absolute Gasteiger partial charge is 0.250 e. The molecule has 3 rings (SSSR count). The first kappa shape index (κ1) is 12.2. The van der Waals surface area contributed by atoms with Crippen LogP contribution in [0.15, 0.2) is 16.5 Å². The highest BCUT2D eigenvalue weighted by Crippen LogP contribution is 2.25. The fourth-order valence-electron chi connectivity index (χ4n) is 1.77. The minimum absolute atomic E-state index is 0.0770. The Morgan fingerprint density at radius 3 is 2.79 bits per heavy atom. The molecule has 0 bridgehead atoms. The van der Waals surface area contributed by atoms with Gasteiger partial charge >= 0.3 is 0 Å². The third-order valence-corrected chi connectivity index (χ3v) is 3.06. The molecule has 1 aliphatic carbocycles. The first-order valence-corrected chi connectivity index (χ1v) is 6.15. The second-order valence-corrected chi connectivity index (χ2v) is 4.74. The number of benzene rings is 1. The Labute approximate surface area is 108 Å². The van der Waals surface area contributed by atoms with Crippen molar-refractivity contribution in [3.63, 3.8) is 0 Å². The molecule has 0 spiro atoms. The Morgan fingerprint density at radius 2 is 2.05 bits per heavy atom. The van der Waals surface area contributed by atoms with E-state index >= 15 is 0 Å². The lowest BCUT2D eigenvalue weighted by atomic mass is 10.1. The van der Waals surface area contributed by atoms with Gasteiger partial charge in [0, 0.05) is 12.1 Å². The summed E-state index contributed by atoms with van der Waals surface area (Å²) in [4.78, 5) is 0. The molecule has 0 saturated heterocycles. The zero-order valence-corrected chi connectivity index (χ0v) is 10.4. The maximum Gasteiger partial charge on any atom is 0.250 e. The third kappa shape index (κ3) is 2.63. The molecule has 19 heavy (non-hydrogen) atoms. The maximum atomic E-state index is 13.7. The Kier molecular flexibility index (Phi) is 3.02. The molecular weight excluding hydrogens is 252 g/mol. The maximum absolute atomic E-state index is 13.7. The van der Waals surface area contributed by atoms with Crippen LogP contribution in [-0.4, -0.2) is 16.2 Å². The molecule has 1 aromatic heterocycles. The van der Waals surface area contributed by atoms with Crippen molar-refractivity contribution in [2.24, 2.45) is 0 Å². The number of halogens is 2. The molecule has 1 aromatic carbocycles. The minimum atomic E-state index is -0.701. The second kappa shape index (κ2) is 4.70. The minimum Gasteiger partial charge on any atom is -0.419 e. The molecule has 6 heteroatoms. The molecule has 2 aromatic rings. The van der Waals surface area contributed by atoms with Gasteiger partial charge in [-0.15, -0.1) is 10.2 Å². The Bertz CT molecular complexity index is 608. The van der Waals surface area contributed by atoms with Gasteiger partial charge in [-0.25, -0.2) is 8.78 Å². The van der Waals surface area contributed by atoms with Crippen molar-refractivity contribution < 1.29 is 13.2 Å². The van der Waals surface area contributed by atoms with E-state index in [9.17, 15) is 8.78 Å². The first-order valence-electron chi connectivity index (χ1n) is 6.15. The lowest BCUT2D eigenvalue weighted by Crippen LogP contribution is -2.15. The van der Waals surface area contributed by atoms with E-state index in [1.807, 2.05) is 0 Å². The summed E-state index contributed by atoms with van der Waals surface area (Å²) in [6, 6.07) is 2.73. The van der Waals surface area contributed by atoms with Crippen LogP contribution in [0.2, 0.25) is 0 Å². The van der Waals surface area contributed by atoms with E-state index < -0.39 is 11.6 Å². The van der Waals surface area contributed by atoms with Crippen molar-refractivity contribution in [1.82, 2.24) is 15.5 Å². The molecule has 0 radical (unpaired) electrons. The van der Waals surface area contributed by atoms with E-state index in [2.05, 4.69) is 15.5 Å². The summed E-state index contributed by atoms with van der Waals surface area (Å²) < 4.78 is 32.2. The largest absolute Gasteiger partial charge is 0.419 e. The molecule has 0 aliphatic heterocycles. The predicted molar refractivity (Wildman–Crippen MR) is 64.2 cm³/mol. The quantitative estimate of drug-likeness (QED) is 0.923. The van der Waals surface area contributed by atoms with Gasteiger partial charge in [-0.1, -0.05) is 0 Å². The van der Waals surface area contributed by atoms with Crippen LogP contribution in [0, 0.1) is 18.6 Å². The summed E-state index contributed by atoms with van der Waals surface area (Å²) >= 11 is 0. The molecule has 1 heterocycles. The standard InChI is InChI=1S/C13H13F2N3O/c1-7-4-9(11(15)5-10(7)14)13-18-17-12(19-13)6-16-8-2-3-8/h4-5,8,16H,2-3,6H2,1H3. The summed E-state index contributed by atoms with van der Waals surface area (Å²) in [5, 5.41) is 10.9. The number of nitrogens with one attached hydrogen (secondary N) is 1. The normalized spacial score (nSPS) is 14.9. The first-order chi connectivity index (χ1) is 9.13. The van der Waals surface area contributed by atoms with Gasteiger partial charge in [0.05, 0.1) is 12.1 Å². The molecule has 0 amide bonds. The van der Waals surface area contributed by atoms with Crippen molar-refractivity contribution in [2.45, 2.75) is 32.4 Å². The van der Waals surface area contributed by atoms with E-state index in [-0.39, 0.29) is 11.5 Å². The zero-order valence-electron chi connectivity index (χ0n) is 10.4. The van der Waals surface area contributed by atoms with Gasteiger partial charge in [0.15, 0.2) is 0 Å². The number of rotatable bonds is 4. The summed E-state index contributed by atoms with van der Waals surface area (Å²) in [6.45, 7) is 2.03. The lowest BCUT2D eigenvalue weighted by molar-refractivity contribution is 0.473. The fraction of sp³-hybridized carbons (Fsp3) is 0.385. The van der Waals surface area contributed by atoms with Crippen LogP contribution in [0.3, 0.4) is 0 Å². The molecule has 4 nitrogen and oxygen atoms in total. The zero-order chi connectivity index (χ0) is 13.4. The molecular formula is C13H13F2N3O. The van der Waals surface area contributed by atoms with Crippen LogP contribution < -0.4 is 5.32 Å². The fourth-order valence-corrected chi connectivity index (χ4v) is 1.77. The van der Waals surface area contributed by atoms with E-state index in [4.69, 9.17) is 4.42 Å². The van der Waals surface area contributed by atoms with E-state index in [0.717, 1.165) is 18.9 Å². The number of aryl methyl sites for hydroxylation is 1. The lowest BCUT2D eigenvalue weighted by Gasteiger charge is -2.01. The molecule has 100 valence electrons. The van der Waals surface area contributed by atoms with Crippen LogP contribution in [0.25, 0.3) is 11.5 Å². The van der Waals surface area contributed by atoms with Crippen LogP contribution in [0.5, 0.6) is 0 Å². The van der Waals surface area contributed by atoms with Gasteiger partial charge in [-0.3, -0.25) is 0 Å². The highest BCUT2D eigenvalue weighted by Gasteiger charge is 2.21. The molecule has 0 atom stereocenters. The molecule has 1 saturated carbocycles. The van der Waals surface area contributed by atoms with E-state index in [1.165, 1.54) is 6.07 Å². The van der Waals surface area contributed by atoms with Crippen molar-refractivity contribution in [3.8, 4) is 11.5 Å². The van der Waals surface area contributed by atoms with Crippen LogP contribution in [-0.2, 0) is 6.54 Å². The summed E-state index contributed by atoms with van der Waals surface area (Å²) in [5.41, 5.74) is 0.469. The molecule has 0 unspecified atom stereocenters. The molecule has 1 N–H and O–H groups in total. The average molecular weight is 265 g/mol. The topological polar surface area (TPSA) is 51.0 Å². The van der Waals surface area contributed by atoms with Crippen LogP contribution in [0.4, 0.5) is 8.78 Å². The van der Waals surface area contributed by atoms with Gasteiger partial charge in [0.1, 0.15) is 11.6 Å². The van der Waals surface area contributed by atoms with Crippen LogP contribution >= 0.6 is 0 Å². The highest BCUT2D eigenvalue weighted by molar-refractivity contribution is 5.55. The summed E-state index contributed by atoms with van der Waals surface area (Å²) in [7, 11) is 0. The second-order valence-electron chi connectivity index (χ2n) is 4.74. The Hall–Kier alpha value is -1.82. The van der Waals surface area contributed by atoms with Crippen LogP contribution in [0.1, 0.15) is 24.3 Å². The summed E-state index contributed by atoms with van der Waals surface area (Å²) in [5.74, 6) is -0.804. The van der Waals surface area contributed by atoms with Crippen molar-refractivity contribution in [3.05, 3.63) is 35.2 Å². The van der Waals surface area contributed by atoms with E-state index in [0.29, 0.717) is 24.0 Å². The van der Waals surface area contributed by atoms with Gasteiger partial charge in [-0.05, 0) is 31.4 Å². The van der Waals surface area contributed by atoms with Gasteiger partial charge in [0.2, 0.25) is 5.89 Å². The number of hydrogen-bond acceptors (Lipinski definition) is 4. The number of nitrogens with zero attached hydrogens (tertiary/aromatic N) is 2. The van der Waals surface area contributed by atoms with Crippen molar-refractivity contribution in [1.29, 1.82) is 0 Å².